The normalized spacial score (nSPS) is 15.3. The van der Waals surface area contributed by atoms with Crippen LogP contribution in [0.5, 0.6) is 0 Å². The summed E-state index contributed by atoms with van der Waals surface area (Å²) in [7, 11) is 2.17. The topological polar surface area (TPSA) is 53.4 Å². The number of rotatable bonds is 6. The zero-order valence-corrected chi connectivity index (χ0v) is 18.2. The van der Waals surface area contributed by atoms with Crippen LogP contribution in [0.3, 0.4) is 0 Å². The molecule has 156 valence electrons. The van der Waals surface area contributed by atoms with Crippen molar-refractivity contribution in [3.8, 4) is 5.69 Å². The zero-order valence-electron chi connectivity index (χ0n) is 17.4. The van der Waals surface area contributed by atoms with Crippen LogP contribution in [0.2, 0.25) is 0 Å². The van der Waals surface area contributed by atoms with Gasteiger partial charge in [-0.2, -0.15) is 0 Å². The van der Waals surface area contributed by atoms with Gasteiger partial charge in [0.15, 0.2) is 5.16 Å². The van der Waals surface area contributed by atoms with Crippen LogP contribution in [0.4, 0.5) is 5.69 Å². The molecule has 30 heavy (non-hydrogen) atoms. The number of hydrogen-bond acceptors (Lipinski definition) is 5. The summed E-state index contributed by atoms with van der Waals surface area (Å²) in [5.74, 6) is -0.107. The summed E-state index contributed by atoms with van der Waals surface area (Å²) in [6.45, 7) is 5.39. The number of anilines is 1. The van der Waals surface area contributed by atoms with Crippen LogP contribution in [0.15, 0.2) is 66.1 Å². The van der Waals surface area contributed by atoms with Gasteiger partial charge in [-0.3, -0.25) is 14.3 Å². The molecule has 7 heteroatoms. The summed E-state index contributed by atoms with van der Waals surface area (Å²) in [6.07, 6.45) is 5.70. The molecule has 0 atom stereocenters. The van der Waals surface area contributed by atoms with Crippen molar-refractivity contribution in [1.29, 1.82) is 0 Å². The summed E-state index contributed by atoms with van der Waals surface area (Å²) in [6, 6.07) is 15.7. The van der Waals surface area contributed by atoms with E-state index in [-0.39, 0.29) is 5.91 Å². The highest BCUT2D eigenvalue weighted by molar-refractivity contribution is 7.98. The van der Waals surface area contributed by atoms with E-state index in [2.05, 4.69) is 39.3 Å². The molecule has 1 aliphatic rings. The first-order chi connectivity index (χ1) is 14.6. The number of benzene rings is 2. The number of nitrogens with one attached hydrogen (secondary N) is 1. The lowest BCUT2D eigenvalue weighted by molar-refractivity contribution is 0.102. The molecule has 1 aliphatic heterocycles. The standard InChI is InChI=1S/C23H27N5OS/c1-26-13-15-27(16-14-26)17-18-3-7-20(8-4-18)25-22(29)19-5-9-21(10-6-19)28-12-11-24-23(28)30-2/h3-12H,13-17H2,1-2H3,(H,25,29). The summed E-state index contributed by atoms with van der Waals surface area (Å²) < 4.78 is 2.01. The van der Waals surface area contributed by atoms with Gasteiger partial charge in [-0.05, 0) is 55.3 Å². The van der Waals surface area contributed by atoms with Crippen molar-refractivity contribution in [2.75, 3.05) is 44.8 Å². The Hall–Kier alpha value is -2.61. The first-order valence-electron chi connectivity index (χ1n) is 10.1. The van der Waals surface area contributed by atoms with E-state index in [1.54, 1.807) is 18.0 Å². The van der Waals surface area contributed by atoms with Crippen molar-refractivity contribution in [1.82, 2.24) is 19.4 Å². The van der Waals surface area contributed by atoms with Crippen molar-refractivity contribution in [2.24, 2.45) is 0 Å². The first-order valence-corrected chi connectivity index (χ1v) is 11.3. The van der Waals surface area contributed by atoms with E-state index in [1.165, 1.54) is 5.56 Å². The van der Waals surface area contributed by atoms with Crippen molar-refractivity contribution < 1.29 is 4.79 Å². The zero-order chi connectivity index (χ0) is 20.9. The predicted octanol–water partition coefficient (Wildman–Crippen LogP) is 3.59. The Bertz CT molecular complexity index is 976. The van der Waals surface area contributed by atoms with Crippen LogP contribution in [-0.2, 0) is 6.54 Å². The maximum absolute atomic E-state index is 12.6. The van der Waals surface area contributed by atoms with E-state index >= 15 is 0 Å². The van der Waals surface area contributed by atoms with Gasteiger partial charge in [0.05, 0.1) is 0 Å². The van der Waals surface area contributed by atoms with Gasteiger partial charge in [-0.15, -0.1) is 0 Å². The number of carbonyl (C=O) groups excluding carboxylic acids is 1. The molecule has 0 unspecified atom stereocenters. The Balaban J connectivity index is 1.35. The van der Waals surface area contributed by atoms with E-state index in [0.717, 1.165) is 49.3 Å². The van der Waals surface area contributed by atoms with Gasteiger partial charge in [0.25, 0.3) is 5.91 Å². The third-order valence-electron chi connectivity index (χ3n) is 5.41. The van der Waals surface area contributed by atoms with Crippen molar-refractivity contribution >= 4 is 23.4 Å². The summed E-state index contributed by atoms with van der Waals surface area (Å²) in [5.41, 5.74) is 3.70. The van der Waals surface area contributed by atoms with E-state index in [9.17, 15) is 4.79 Å². The number of amides is 1. The monoisotopic (exact) mass is 421 g/mol. The van der Waals surface area contributed by atoms with E-state index < -0.39 is 0 Å². The molecule has 1 saturated heterocycles. The molecule has 0 aliphatic carbocycles. The second kappa shape index (κ2) is 9.47. The van der Waals surface area contributed by atoms with E-state index in [4.69, 9.17) is 0 Å². The largest absolute Gasteiger partial charge is 0.322 e. The molecule has 2 aromatic carbocycles. The van der Waals surface area contributed by atoms with Gasteiger partial charge in [0, 0.05) is 62.1 Å². The van der Waals surface area contributed by atoms with Crippen molar-refractivity contribution in [2.45, 2.75) is 11.7 Å². The van der Waals surface area contributed by atoms with Gasteiger partial charge in [-0.1, -0.05) is 23.9 Å². The fourth-order valence-electron chi connectivity index (χ4n) is 3.57. The molecule has 2 heterocycles. The number of hydrogen-bond donors (Lipinski definition) is 1. The predicted molar refractivity (Wildman–Crippen MR) is 123 cm³/mol. The number of imidazole rings is 1. The van der Waals surface area contributed by atoms with Gasteiger partial charge < -0.3 is 10.2 Å². The molecule has 3 aromatic rings. The summed E-state index contributed by atoms with van der Waals surface area (Å²) in [4.78, 5) is 21.8. The molecular formula is C23H27N5OS. The fraction of sp³-hybridized carbons (Fsp3) is 0.304. The van der Waals surface area contributed by atoms with Crippen LogP contribution in [0, 0.1) is 0 Å². The second-order valence-corrected chi connectivity index (χ2v) is 8.33. The Kier molecular flexibility index (Phi) is 6.52. The quantitative estimate of drug-likeness (QED) is 0.617. The van der Waals surface area contributed by atoms with E-state index in [0.29, 0.717) is 5.56 Å². The van der Waals surface area contributed by atoms with E-state index in [1.807, 2.05) is 53.4 Å². The van der Waals surface area contributed by atoms with Gasteiger partial charge in [-0.25, -0.2) is 4.98 Å². The minimum absolute atomic E-state index is 0.107. The highest BCUT2D eigenvalue weighted by Crippen LogP contribution is 2.19. The molecule has 0 bridgehead atoms. The Morgan fingerprint density at radius 3 is 2.40 bits per heavy atom. The highest BCUT2D eigenvalue weighted by Gasteiger charge is 2.14. The Labute approximate surface area is 181 Å². The summed E-state index contributed by atoms with van der Waals surface area (Å²) in [5, 5.41) is 3.91. The van der Waals surface area contributed by atoms with Gasteiger partial charge in [0.2, 0.25) is 0 Å². The maximum Gasteiger partial charge on any atom is 0.255 e. The molecular weight excluding hydrogens is 394 g/mol. The van der Waals surface area contributed by atoms with Crippen molar-refractivity contribution in [3.63, 3.8) is 0 Å². The molecule has 0 saturated carbocycles. The van der Waals surface area contributed by atoms with Crippen LogP contribution in [0.25, 0.3) is 5.69 Å². The lowest BCUT2D eigenvalue weighted by atomic mass is 10.1. The first kappa shape index (κ1) is 20.7. The molecule has 0 spiro atoms. The minimum atomic E-state index is -0.107. The minimum Gasteiger partial charge on any atom is -0.322 e. The number of carbonyl (C=O) groups is 1. The average molecular weight is 422 g/mol. The molecule has 1 amide bonds. The number of likely N-dealkylation sites (N-methyl/N-ethyl adjacent to an activating group) is 1. The molecule has 1 aromatic heterocycles. The molecule has 4 rings (SSSR count). The van der Waals surface area contributed by atoms with Gasteiger partial charge in [0.1, 0.15) is 0 Å². The Morgan fingerprint density at radius 2 is 1.73 bits per heavy atom. The van der Waals surface area contributed by atoms with Crippen molar-refractivity contribution in [3.05, 3.63) is 72.1 Å². The summed E-state index contributed by atoms with van der Waals surface area (Å²) >= 11 is 1.59. The average Bonchev–Trinajstić information content (AvgIpc) is 3.26. The maximum atomic E-state index is 12.6. The smallest absolute Gasteiger partial charge is 0.255 e. The lowest BCUT2D eigenvalue weighted by Gasteiger charge is -2.32. The van der Waals surface area contributed by atoms with Gasteiger partial charge >= 0.3 is 0 Å². The molecule has 6 nitrogen and oxygen atoms in total. The Morgan fingerprint density at radius 1 is 1.03 bits per heavy atom. The van der Waals surface area contributed by atoms with Crippen LogP contribution in [-0.4, -0.2) is 64.7 Å². The molecule has 1 N–H and O–H groups in total. The van der Waals surface area contributed by atoms with Crippen LogP contribution >= 0.6 is 11.8 Å². The highest BCUT2D eigenvalue weighted by atomic mass is 32.2. The SMILES string of the molecule is CSc1nccn1-c1ccc(C(=O)Nc2ccc(CN3CCN(C)CC3)cc2)cc1. The third kappa shape index (κ3) is 4.92. The lowest BCUT2D eigenvalue weighted by Crippen LogP contribution is -2.43. The number of nitrogens with zero attached hydrogens (tertiary/aromatic N) is 4. The number of thioether (sulfide) groups is 1. The molecule has 1 fully saturated rings. The number of piperazine rings is 1. The van der Waals surface area contributed by atoms with Crippen LogP contribution in [0.1, 0.15) is 15.9 Å². The third-order valence-corrected chi connectivity index (χ3v) is 6.08. The molecule has 0 radical (unpaired) electrons. The second-order valence-electron chi connectivity index (χ2n) is 7.56. The number of aromatic nitrogens is 2. The van der Waals surface area contributed by atoms with Crippen LogP contribution < -0.4 is 5.32 Å². The fourth-order valence-corrected chi connectivity index (χ4v) is 4.10.